The zero-order valence-corrected chi connectivity index (χ0v) is 9.47. The van der Waals surface area contributed by atoms with E-state index in [2.05, 4.69) is 15.9 Å². The van der Waals surface area contributed by atoms with Crippen LogP contribution in [0, 0.1) is 0 Å². The Kier molecular flexibility index (Phi) is 2.57. The van der Waals surface area contributed by atoms with Gasteiger partial charge < -0.3 is 0 Å². The minimum absolute atomic E-state index is 0.428. The van der Waals surface area contributed by atoms with Crippen LogP contribution in [0.1, 0.15) is 10.4 Å². The van der Waals surface area contributed by atoms with Gasteiger partial charge in [-0.2, -0.15) is 0 Å². The average molecular weight is 270 g/mol. The topological polar surface area (TPSA) is 17.1 Å². The molecule has 0 bridgehead atoms. The summed E-state index contributed by atoms with van der Waals surface area (Å²) in [5, 5.41) is 1.46. The predicted octanol–water partition coefficient (Wildman–Crippen LogP) is 3.98. The van der Waals surface area contributed by atoms with E-state index in [0.717, 1.165) is 15.2 Å². The second-order valence-electron chi connectivity index (χ2n) is 2.95. The van der Waals surface area contributed by atoms with Crippen LogP contribution in [0.25, 0.3) is 10.8 Å². The van der Waals surface area contributed by atoms with Crippen LogP contribution in [0.5, 0.6) is 0 Å². The molecule has 0 unspecified atom stereocenters. The highest BCUT2D eigenvalue weighted by Crippen LogP contribution is 2.25. The summed E-state index contributed by atoms with van der Waals surface area (Å²) in [6.45, 7) is 0. The maximum absolute atomic E-state index is 11.2. The number of benzene rings is 2. The van der Waals surface area contributed by atoms with Crippen molar-refractivity contribution in [3.63, 3.8) is 0 Å². The fourth-order valence-electron chi connectivity index (χ4n) is 1.44. The highest BCUT2D eigenvalue weighted by molar-refractivity contribution is 9.10. The van der Waals surface area contributed by atoms with Crippen molar-refractivity contribution < 1.29 is 4.79 Å². The molecule has 0 fully saturated rings. The number of carbonyl (C=O) groups is 1. The van der Waals surface area contributed by atoms with Crippen molar-refractivity contribution in [2.24, 2.45) is 0 Å². The molecule has 2 rings (SSSR count). The number of hydrogen-bond acceptors (Lipinski definition) is 1. The zero-order valence-electron chi connectivity index (χ0n) is 7.13. The van der Waals surface area contributed by atoms with Gasteiger partial charge in [0.25, 0.3) is 5.24 Å². The Morgan fingerprint density at radius 1 is 1.21 bits per heavy atom. The summed E-state index contributed by atoms with van der Waals surface area (Å²) in [6, 6.07) is 11.3. The van der Waals surface area contributed by atoms with Crippen molar-refractivity contribution >= 4 is 43.5 Å². The minimum atomic E-state index is -0.428. The summed E-state index contributed by atoms with van der Waals surface area (Å²) < 4.78 is 0.861. The summed E-state index contributed by atoms with van der Waals surface area (Å²) in [4.78, 5) is 11.2. The van der Waals surface area contributed by atoms with Crippen LogP contribution in [-0.4, -0.2) is 5.24 Å². The highest BCUT2D eigenvalue weighted by Gasteiger charge is 2.07. The molecule has 2 aromatic carbocycles. The molecular formula is C11H6BrClO. The van der Waals surface area contributed by atoms with Crippen LogP contribution in [0.15, 0.2) is 40.9 Å². The van der Waals surface area contributed by atoms with E-state index in [0.29, 0.717) is 5.56 Å². The number of fused-ring (bicyclic) bond motifs is 1. The van der Waals surface area contributed by atoms with E-state index in [4.69, 9.17) is 11.6 Å². The minimum Gasteiger partial charge on any atom is -0.276 e. The lowest BCUT2D eigenvalue weighted by Gasteiger charge is -2.02. The van der Waals surface area contributed by atoms with E-state index in [9.17, 15) is 4.79 Å². The van der Waals surface area contributed by atoms with Crippen LogP contribution in [0.4, 0.5) is 0 Å². The first-order chi connectivity index (χ1) is 6.68. The molecule has 0 atom stereocenters. The van der Waals surface area contributed by atoms with Crippen molar-refractivity contribution in [2.45, 2.75) is 0 Å². The zero-order chi connectivity index (χ0) is 10.1. The normalized spacial score (nSPS) is 10.4. The number of carbonyl (C=O) groups excluding carboxylic acids is 1. The highest BCUT2D eigenvalue weighted by atomic mass is 79.9. The maximum atomic E-state index is 11.2. The van der Waals surface area contributed by atoms with E-state index in [1.165, 1.54) is 0 Å². The quantitative estimate of drug-likeness (QED) is 0.716. The van der Waals surface area contributed by atoms with Gasteiger partial charge in [-0.1, -0.05) is 40.2 Å². The summed E-state index contributed by atoms with van der Waals surface area (Å²) in [6.07, 6.45) is 0. The summed E-state index contributed by atoms with van der Waals surface area (Å²) in [5.74, 6) is 0. The first-order valence-corrected chi connectivity index (χ1v) is 5.24. The Morgan fingerprint density at radius 2 is 1.93 bits per heavy atom. The molecular weight excluding hydrogens is 263 g/mol. The summed E-state index contributed by atoms with van der Waals surface area (Å²) >= 11 is 8.84. The van der Waals surface area contributed by atoms with E-state index in [1.807, 2.05) is 30.3 Å². The maximum Gasteiger partial charge on any atom is 0.253 e. The second-order valence-corrected chi connectivity index (χ2v) is 4.21. The molecule has 0 N–H and O–H groups in total. The first-order valence-electron chi connectivity index (χ1n) is 4.06. The number of halogens is 2. The van der Waals surface area contributed by atoms with E-state index in [1.54, 1.807) is 6.07 Å². The SMILES string of the molecule is O=C(Cl)c1cc(Br)cc2ccccc12. The van der Waals surface area contributed by atoms with Gasteiger partial charge in [0.15, 0.2) is 0 Å². The van der Waals surface area contributed by atoms with Gasteiger partial charge in [-0.25, -0.2) is 0 Å². The standard InChI is InChI=1S/C11H6BrClO/c12-8-5-7-3-1-2-4-9(7)10(6-8)11(13)14/h1-6H. The molecule has 70 valence electrons. The van der Waals surface area contributed by atoms with Crippen molar-refractivity contribution in [3.05, 3.63) is 46.4 Å². The largest absolute Gasteiger partial charge is 0.276 e. The van der Waals surface area contributed by atoms with Crippen LogP contribution in [0.3, 0.4) is 0 Å². The summed E-state index contributed by atoms with van der Waals surface area (Å²) in [7, 11) is 0. The van der Waals surface area contributed by atoms with Gasteiger partial charge in [0.05, 0.1) is 0 Å². The number of rotatable bonds is 1. The van der Waals surface area contributed by atoms with Gasteiger partial charge in [0.2, 0.25) is 0 Å². The molecule has 14 heavy (non-hydrogen) atoms. The molecule has 0 aliphatic heterocycles. The van der Waals surface area contributed by atoms with Crippen LogP contribution in [-0.2, 0) is 0 Å². The molecule has 0 saturated heterocycles. The monoisotopic (exact) mass is 268 g/mol. The van der Waals surface area contributed by atoms with E-state index in [-0.39, 0.29) is 0 Å². The fourth-order valence-corrected chi connectivity index (χ4v) is 2.07. The average Bonchev–Trinajstić information content (AvgIpc) is 2.16. The third kappa shape index (κ3) is 1.68. The lowest BCUT2D eigenvalue weighted by Crippen LogP contribution is -1.90. The molecule has 1 nitrogen and oxygen atoms in total. The summed E-state index contributed by atoms with van der Waals surface area (Å²) in [5.41, 5.74) is 0.539. The Balaban J connectivity index is 2.87. The molecule has 3 heteroatoms. The molecule has 0 radical (unpaired) electrons. The van der Waals surface area contributed by atoms with Gasteiger partial charge in [0.1, 0.15) is 0 Å². The van der Waals surface area contributed by atoms with Crippen molar-refractivity contribution in [1.82, 2.24) is 0 Å². The smallest absolute Gasteiger partial charge is 0.253 e. The third-order valence-electron chi connectivity index (χ3n) is 2.04. The van der Waals surface area contributed by atoms with Crippen LogP contribution >= 0.6 is 27.5 Å². The Bertz CT molecular complexity index is 508. The Labute approximate surface area is 94.8 Å². The number of hydrogen-bond donors (Lipinski definition) is 0. The van der Waals surface area contributed by atoms with Gasteiger partial charge in [-0.15, -0.1) is 0 Å². The molecule has 0 aliphatic rings. The predicted molar refractivity (Wildman–Crippen MR) is 61.8 cm³/mol. The molecule has 0 aromatic heterocycles. The molecule has 0 saturated carbocycles. The van der Waals surface area contributed by atoms with Crippen molar-refractivity contribution in [3.8, 4) is 0 Å². The molecule has 0 amide bonds. The van der Waals surface area contributed by atoms with Crippen molar-refractivity contribution in [1.29, 1.82) is 0 Å². The van der Waals surface area contributed by atoms with E-state index >= 15 is 0 Å². The van der Waals surface area contributed by atoms with E-state index < -0.39 is 5.24 Å². The van der Waals surface area contributed by atoms with Gasteiger partial charge in [0, 0.05) is 10.0 Å². The van der Waals surface area contributed by atoms with Gasteiger partial charge in [-0.05, 0) is 34.5 Å². The van der Waals surface area contributed by atoms with Crippen LogP contribution in [0.2, 0.25) is 0 Å². The fraction of sp³-hybridized carbons (Fsp3) is 0. The third-order valence-corrected chi connectivity index (χ3v) is 2.70. The first kappa shape index (κ1) is 9.69. The second kappa shape index (κ2) is 3.71. The molecule has 0 aliphatic carbocycles. The molecule has 2 aromatic rings. The molecule has 0 spiro atoms. The van der Waals surface area contributed by atoms with Crippen molar-refractivity contribution in [2.75, 3.05) is 0 Å². The lowest BCUT2D eigenvalue weighted by atomic mass is 10.1. The Morgan fingerprint density at radius 3 is 2.64 bits per heavy atom. The lowest BCUT2D eigenvalue weighted by molar-refractivity contribution is 0.108. The van der Waals surface area contributed by atoms with Crippen LogP contribution < -0.4 is 0 Å². The van der Waals surface area contributed by atoms with Gasteiger partial charge >= 0.3 is 0 Å². The van der Waals surface area contributed by atoms with Gasteiger partial charge in [-0.3, -0.25) is 4.79 Å². The Hall–Kier alpha value is -0.860. The molecule has 0 heterocycles.